The molecule has 1 aromatic heterocycles. The fraction of sp³-hybridized carbons (Fsp3) is 0.583. The fourth-order valence-electron chi connectivity index (χ4n) is 2.01. The monoisotopic (exact) mass is 231 g/mol. The van der Waals surface area contributed by atoms with E-state index >= 15 is 0 Å². The molecule has 0 atom stereocenters. The number of anilines is 1. The number of nitrogens with one attached hydrogen (secondary N) is 1. The predicted octanol–water partition coefficient (Wildman–Crippen LogP) is 0.763. The van der Waals surface area contributed by atoms with Crippen molar-refractivity contribution in [3.05, 3.63) is 16.8 Å². The summed E-state index contributed by atoms with van der Waals surface area (Å²) in [5.41, 5.74) is 2.42. The van der Waals surface area contributed by atoms with Crippen LogP contribution in [0.1, 0.15) is 23.7 Å². The minimum Gasteiger partial charge on any atom is -0.349 e. The van der Waals surface area contributed by atoms with Crippen LogP contribution in [-0.4, -0.2) is 35.9 Å². The third-order valence-electron chi connectivity index (χ3n) is 3.36. The Labute approximate surface area is 101 Å². The molecule has 2 heterocycles. The maximum Gasteiger partial charge on any atom is 0.169 e. The van der Waals surface area contributed by atoms with Crippen molar-refractivity contribution in [2.45, 2.75) is 26.8 Å². The Morgan fingerprint density at radius 3 is 2.59 bits per heavy atom. The van der Waals surface area contributed by atoms with Gasteiger partial charge in [0.2, 0.25) is 0 Å². The second kappa shape index (κ2) is 4.68. The van der Waals surface area contributed by atoms with E-state index < -0.39 is 0 Å². The summed E-state index contributed by atoms with van der Waals surface area (Å²) in [6.07, 6.45) is 0. The number of nitrogens with zero attached hydrogens (tertiary/aromatic N) is 4. The minimum atomic E-state index is 0.434. The molecule has 1 N–H and O–H groups in total. The average Bonchev–Trinajstić information content (AvgIpc) is 2.27. The van der Waals surface area contributed by atoms with Crippen LogP contribution in [-0.2, 0) is 0 Å². The number of likely N-dealkylation sites (N-methyl/N-ethyl adjacent to an activating group) is 1. The van der Waals surface area contributed by atoms with Gasteiger partial charge in [-0.15, -0.1) is 5.10 Å². The highest BCUT2D eigenvalue weighted by Crippen LogP contribution is 2.23. The highest BCUT2D eigenvalue weighted by atomic mass is 15.3. The molecule has 1 saturated heterocycles. The normalized spacial score (nSPS) is 15.2. The van der Waals surface area contributed by atoms with Crippen molar-refractivity contribution in [1.29, 1.82) is 5.26 Å². The van der Waals surface area contributed by atoms with E-state index in [1.807, 2.05) is 13.8 Å². The molecule has 1 aromatic rings. The van der Waals surface area contributed by atoms with E-state index in [2.05, 4.69) is 33.4 Å². The quantitative estimate of drug-likeness (QED) is 0.832. The molecule has 90 valence electrons. The van der Waals surface area contributed by atoms with Crippen LogP contribution in [0.5, 0.6) is 0 Å². The van der Waals surface area contributed by atoms with Crippen molar-refractivity contribution in [3.8, 4) is 6.07 Å². The smallest absolute Gasteiger partial charge is 0.169 e. The van der Waals surface area contributed by atoms with E-state index in [0.29, 0.717) is 11.6 Å². The van der Waals surface area contributed by atoms with Gasteiger partial charge in [-0.25, -0.2) is 0 Å². The lowest BCUT2D eigenvalue weighted by atomic mass is 10.1. The summed E-state index contributed by atoms with van der Waals surface area (Å²) < 4.78 is 0. The van der Waals surface area contributed by atoms with Crippen molar-refractivity contribution < 1.29 is 0 Å². The van der Waals surface area contributed by atoms with E-state index in [1.165, 1.54) is 0 Å². The lowest BCUT2D eigenvalue weighted by Crippen LogP contribution is -2.57. The molecule has 5 heteroatoms. The topological polar surface area (TPSA) is 64.8 Å². The summed E-state index contributed by atoms with van der Waals surface area (Å²) in [6.45, 7) is 8.64. The molecule has 17 heavy (non-hydrogen) atoms. The standard InChI is InChI=1S/C12H17N5/c1-4-17(10-6-14-7-10)12-11(5-13)8(2)9(3)15-16-12/h10,14H,4,6-7H2,1-3H3. The van der Waals surface area contributed by atoms with E-state index in [-0.39, 0.29) is 0 Å². The molecule has 0 aliphatic carbocycles. The molecule has 1 fully saturated rings. The SMILES string of the molecule is CCN(c1nnc(C)c(C)c1C#N)C1CNC1. The van der Waals surface area contributed by atoms with Gasteiger partial charge >= 0.3 is 0 Å². The molecule has 5 nitrogen and oxygen atoms in total. The van der Waals surface area contributed by atoms with E-state index in [9.17, 15) is 5.26 Å². The first kappa shape index (κ1) is 11.8. The number of aromatic nitrogens is 2. The number of hydrogen-bond donors (Lipinski definition) is 1. The van der Waals surface area contributed by atoms with Crippen molar-refractivity contribution in [1.82, 2.24) is 15.5 Å². The van der Waals surface area contributed by atoms with Crippen molar-refractivity contribution in [3.63, 3.8) is 0 Å². The lowest BCUT2D eigenvalue weighted by Gasteiger charge is -2.38. The zero-order valence-electron chi connectivity index (χ0n) is 10.5. The number of aryl methyl sites for hydroxylation is 1. The van der Waals surface area contributed by atoms with Gasteiger partial charge in [0.25, 0.3) is 0 Å². The maximum absolute atomic E-state index is 9.28. The molecular formula is C12H17N5. The van der Waals surface area contributed by atoms with Crippen LogP contribution >= 0.6 is 0 Å². The Hall–Kier alpha value is -1.67. The molecule has 0 aromatic carbocycles. The lowest BCUT2D eigenvalue weighted by molar-refractivity contribution is 0.414. The van der Waals surface area contributed by atoms with Gasteiger partial charge in [0.05, 0.1) is 11.7 Å². The van der Waals surface area contributed by atoms with Gasteiger partial charge < -0.3 is 10.2 Å². The van der Waals surface area contributed by atoms with Crippen LogP contribution in [0.15, 0.2) is 0 Å². The Balaban J connectivity index is 2.43. The van der Waals surface area contributed by atoms with Crippen LogP contribution in [0.4, 0.5) is 5.82 Å². The Morgan fingerprint density at radius 1 is 1.41 bits per heavy atom. The molecule has 0 radical (unpaired) electrons. The highest BCUT2D eigenvalue weighted by Gasteiger charge is 2.27. The second-order valence-electron chi connectivity index (χ2n) is 4.32. The third-order valence-corrected chi connectivity index (χ3v) is 3.36. The van der Waals surface area contributed by atoms with Crippen molar-refractivity contribution >= 4 is 5.82 Å². The summed E-state index contributed by atoms with van der Waals surface area (Å²) in [7, 11) is 0. The zero-order valence-corrected chi connectivity index (χ0v) is 10.5. The van der Waals surface area contributed by atoms with Gasteiger partial charge in [-0.2, -0.15) is 10.4 Å². The van der Waals surface area contributed by atoms with E-state index in [1.54, 1.807) is 0 Å². The second-order valence-corrected chi connectivity index (χ2v) is 4.32. The molecule has 2 rings (SSSR count). The van der Waals surface area contributed by atoms with E-state index in [4.69, 9.17) is 0 Å². The molecule has 0 saturated carbocycles. The summed E-state index contributed by atoms with van der Waals surface area (Å²) in [5, 5.41) is 20.9. The first-order valence-electron chi connectivity index (χ1n) is 5.90. The minimum absolute atomic E-state index is 0.434. The van der Waals surface area contributed by atoms with Gasteiger partial charge in [-0.1, -0.05) is 0 Å². The molecule has 0 spiro atoms. The van der Waals surface area contributed by atoms with Gasteiger partial charge in [0.1, 0.15) is 11.6 Å². The predicted molar refractivity (Wildman–Crippen MR) is 65.9 cm³/mol. The molecular weight excluding hydrogens is 214 g/mol. The van der Waals surface area contributed by atoms with Crippen LogP contribution in [0.2, 0.25) is 0 Å². The third kappa shape index (κ3) is 1.96. The average molecular weight is 231 g/mol. The molecule has 1 aliphatic heterocycles. The molecule has 0 amide bonds. The Morgan fingerprint density at radius 2 is 2.12 bits per heavy atom. The Kier molecular flexibility index (Phi) is 3.25. The maximum atomic E-state index is 9.28. The van der Waals surface area contributed by atoms with Gasteiger partial charge in [0, 0.05) is 19.6 Å². The molecule has 0 bridgehead atoms. The Bertz CT molecular complexity index is 459. The first-order chi connectivity index (χ1) is 8.19. The fourth-order valence-corrected chi connectivity index (χ4v) is 2.01. The summed E-state index contributed by atoms with van der Waals surface area (Å²) in [4.78, 5) is 2.16. The van der Waals surface area contributed by atoms with Gasteiger partial charge in [-0.3, -0.25) is 0 Å². The zero-order chi connectivity index (χ0) is 12.4. The van der Waals surface area contributed by atoms with Crippen molar-refractivity contribution in [2.24, 2.45) is 0 Å². The van der Waals surface area contributed by atoms with Gasteiger partial charge in [0.15, 0.2) is 5.82 Å². The molecule has 1 aliphatic rings. The number of nitriles is 1. The first-order valence-corrected chi connectivity index (χ1v) is 5.90. The van der Waals surface area contributed by atoms with Crippen LogP contribution < -0.4 is 10.2 Å². The van der Waals surface area contributed by atoms with Gasteiger partial charge in [-0.05, 0) is 26.3 Å². The number of rotatable bonds is 3. The summed E-state index contributed by atoms with van der Waals surface area (Å²) in [5.74, 6) is 0.726. The number of hydrogen-bond acceptors (Lipinski definition) is 5. The summed E-state index contributed by atoms with van der Waals surface area (Å²) >= 11 is 0. The van der Waals surface area contributed by atoms with Crippen molar-refractivity contribution in [2.75, 3.05) is 24.5 Å². The highest BCUT2D eigenvalue weighted by molar-refractivity contribution is 5.58. The summed E-state index contributed by atoms with van der Waals surface area (Å²) in [6, 6.07) is 2.69. The van der Waals surface area contributed by atoms with E-state index in [0.717, 1.165) is 36.7 Å². The largest absolute Gasteiger partial charge is 0.349 e. The van der Waals surface area contributed by atoms with Crippen LogP contribution in [0.25, 0.3) is 0 Å². The van der Waals surface area contributed by atoms with Crippen LogP contribution in [0, 0.1) is 25.2 Å². The van der Waals surface area contributed by atoms with Crippen LogP contribution in [0.3, 0.4) is 0 Å². The molecule has 0 unspecified atom stereocenters.